The molecule has 116 valence electrons. The van der Waals surface area contributed by atoms with Crippen molar-refractivity contribution in [1.29, 1.82) is 0 Å². The maximum absolute atomic E-state index is 12.7. The molecule has 2 atom stereocenters. The summed E-state index contributed by atoms with van der Waals surface area (Å²) in [6.07, 6.45) is -1.13. The Morgan fingerprint density at radius 2 is 2.14 bits per heavy atom. The molecule has 9 heteroatoms. The number of aliphatic hydroxyl groups is 1. The molecular formula is C12H14BrNO6S. The number of halogens is 1. The number of carboxylic acid groups (broad SMARTS) is 1. The summed E-state index contributed by atoms with van der Waals surface area (Å²) in [6.45, 7) is -0.255. The van der Waals surface area contributed by atoms with Crippen LogP contribution < -0.4 is 4.74 Å². The molecule has 2 rings (SSSR count). The summed E-state index contributed by atoms with van der Waals surface area (Å²) >= 11 is 3.18. The third-order valence-corrected chi connectivity index (χ3v) is 5.62. The second-order valence-electron chi connectivity index (χ2n) is 4.61. The smallest absolute Gasteiger partial charge is 0.322 e. The van der Waals surface area contributed by atoms with Crippen molar-refractivity contribution in [2.24, 2.45) is 0 Å². The van der Waals surface area contributed by atoms with E-state index in [2.05, 4.69) is 15.9 Å². The summed E-state index contributed by atoms with van der Waals surface area (Å²) in [4.78, 5) is 11.1. The molecule has 1 aromatic rings. The molecule has 0 spiro atoms. The van der Waals surface area contributed by atoms with Crippen molar-refractivity contribution in [3.63, 3.8) is 0 Å². The van der Waals surface area contributed by atoms with Crippen LogP contribution in [0, 0.1) is 0 Å². The van der Waals surface area contributed by atoms with E-state index in [0.29, 0.717) is 4.47 Å². The van der Waals surface area contributed by atoms with Gasteiger partial charge in [0, 0.05) is 17.4 Å². The van der Waals surface area contributed by atoms with Gasteiger partial charge >= 0.3 is 5.97 Å². The number of methoxy groups -OCH3 is 1. The van der Waals surface area contributed by atoms with Crippen LogP contribution >= 0.6 is 15.9 Å². The molecular weight excluding hydrogens is 366 g/mol. The fourth-order valence-electron chi connectivity index (χ4n) is 2.25. The van der Waals surface area contributed by atoms with Gasteiger partial charge in [0.05, 0.1) is 13.2 Å². The van der Waals surface area contributed by atoms with Gasteiger partial charge in [-0.1, -0.05) is 15.9 Å². The Bertz CT molecular complexity index is 662. The predicted octanol–water partition coefficient (Wildman–Crippen LogP) is 0.666. The number of hydrogen-bond donors (Lipinski definition) is 2. The zero-order valence-electron chi connectivity index (χ0n) is 11.1. The topological polar surface area (TPSA) is 104 Å². The van der Waals surface area contributed by atoms with Crippen molar-refractivity contribution in [1.82, 2.24) is 4.31 Å². The molecule has 0 amide bonds. The van der Waals surface area contributed by atoms with E-state index in [1.807, 2.05) is 0 Å². The predicted molar refractivity (Wildman–Crippen MR) is 76.6 cm³/mol. The number of carbonyl (C=O) groups is 1. The van der Waals surface area contributed by atoms with E-state index in [-0.39, 0.29) is 23.6 Å². The minimum Gasteiger partial charge on any atom is -0.495 e. The highest BCUT2D eigenvalue weighted by Crippen LogP contribution is 2.33. The van der Waals surface area contributed by atoms with Gasteiger partial charge in [-0.05, 0) is 18.2 Å². The van der Waals surface area contributed by atoms with Crippen LogP contribution in [0.2, 0.25) is 0 Å². The first-order valence-corrected chi connectivity index (χ1v) is 8.27. The monoisotopic (exact) mass is 379 g/mol. The van der Waals surface area contributed by atoms with Gasteiger partial charge in [0.1, 0.15) is 16.7 Å². The standard InChI is InChI=1S/C12H14BrNO6S/c1-20-10-3-2-7(13)4-11(10)21(18,19)14-6-8(15)5-9(14)12(16)17/h2-4,8-9,15H,5-6H2,1H3,(H,16,17)/t8-,9-/m0/s1. The second kappa shape index (κ2) is 5.91. The van der Waals surface area contributed by atoms with Gasteiger partial charge in [0.2, 0.25) is 10.0 Å². The van der Waals surface area contributed by atoms with E-state index >= 15 is 0 Å². The molecule has 7 nitrogen and oxygen atoms in total. The summed E-state index contributed by atoms with van der Waals surface area (Å²) in [7, 11) is -2.76. The van der Waals surface area contributed by atoms with E-state index in [9.17, 15) is 18.3 Å². The Morgan fingerprint density at radius 1 is 1.48 bits per heavy atom. The van der Waals surface area contributed by atoms with E-state index in [1.165, 1.54) is 19.2 Å². The SMILES string of the molecule is COc1ccc(Br)cc1S(=O)(=O)N1C[C@@H](O)C[C@H]1C(=O)O. The Morgan fingerprint density at radius 3 is 2.71 bits per heavy atom. The minimum atomic E-state index is -4.09. The summed E-state index contributed by atoms with van der Waals surface area (Å²) < 4.78 is 31.7. The van der Waals surface area contributed by atoms with E-state index in [1.54, 1.807) is 6.07 Å². The highest BCUT2D eigenvalue weighted by molar-refractivity contribution is 9.10. The van der Waals surface area contributed by atoms with Crippen molar-refractivity contribution >= 4 is 31.9 Å². The van der Waals surface area contributed by atoms with Gasteiger partial charge in [-0.15, -0.1) is 0 Å². The molecule has 21 heavy (non-hydrogen) atoms. The number of sulfonamides is 1. The lowest BCUT2D eigenvalue weighted by Crippen LogP contribution is -2.40. The van der Waals surface area contributed by atoms with Gasteiger partial charge in [-0.25, -0.2) is 8.42 Å². The molecule has 0 aliphatic carbocycles. The van der Waals surface area contributed by atoms with Crippen LogP contribution in [0.25, 0.3) is 0 Å². The van der Waals surface area contributed by atoms with Crippen LogP contribution in [0.5, 0.6) is 5.75 Å². The summed E-state index contributed by atoms with van der Waals surface area (Å²) in [5, 5.41) is 18.7. The Hall–Kier alpha value is -1.16. The van der Waals surface area contributed by atoms with Gasteiger partial charge < -0.3 is 14.9 Å². The maximum Gasteiger partial charge on any atom is 0.322 e. The first kappa shape index (κ1) is 16.2. The third kappa shape index (κ3) is 3.05. The molecule has 1 aliphatic heterocycles. The normalized spacial score (nSPS) is 23.2. The van der Waals surface area contributed by atoms with Gasteiger partial charge in [0.15, 0.2) is 0 Å². The summed E-state index contributed by atoms with van der Waals surface area (Å²) in [5.41, 5.74) is 0. The molecule has 1 saturated heterocycles. The van der Waals surface area contributed by atoms with Crippen molar-refractivity contribution < 1.29 is 28.2 Å². The van der Waals surface area contributed by atoms with Gasteiger partial charge in [-0.2, -0.15) is 4.31 Å². The highest BCUT2D eigenvalue weighted by Gasteiger charge is 2.44. The lowest BCUT2D eigenvalue weighted by molar-refractivity contribution is -0.140. The molecule has 1 aromatic carbocycles. The van der Waals surface area contributed by atoms with Crippen molar-refractivity contribution in [3.05, 3.63) is 22.7 Å². The van der Waals surface area contributed by atoms with Crippen molar-refractivity contribution in [3.8, 4) is 5.75 Å². The van der Waals surface area contributed by atoms with Crippen LogP contribution in [0.1, 0.15) is 6.42 Å². The molecule has 2 N–H and O–H groups in total. The van der Waals surface area contributed by atoms with Gasteiger partial charge in [0.25, 0.3) is 0 Å². The quantitative estimate of drug-likeness (QED) is 0.796. The van der Waals surface area contributed by atoms with E-state index in [0.717, 1.165) is 4.31 Å². The fourth-order valence-corrected chi connectivity index (χ4v) is 4.58. The molecule has 0 saturated carbocycles. The fraction of sp³-hybridized carbons (Fsp3) is 0.417. The molecule has 0 bridgehead atoms. The molecule has 0 radical (unpaired) electrons. The van der Waals surface area contributed by atoms with E-state index in [4.69, 9.17) is 9.84 Å². The van der Waals surface area contributed by atoms with Crippen LogP contribution in [-0.2, 0) is 14.8 Å². The van der Waals surface area contributed by atoms with Crippen LogP contribution in [0.3, 0.4) is 0 Å². The zero-order chi connectivity index (χ0) is 15.8. The molecule has 0 aromatic heterocycles. The van der Waals surface area contributed by atoms with Crippen LogP contribution in [0.15, 0.2) is 27.6 Å². The second-order valence-corrected chi connectivity index (χ2v) is 7.39. The van der Waals surface area contributed by atoms with Crippen LogP contribution in [0.4, 0.5) is 0 Å². The Kier molecular flexibility index (Phi) is 4.57. The average Bonchev–Trinajstić information content (AvgIpc) is 2.82. The zero-order valence-corrected chi connectivity index (χ0v) is 13.5. The van der Waals surface area contributed by atoms with Crippen LogP contribution in [-0.4, -0.2) is 54.7 Å². The molecule has 1 aliphatic rings. The molecule has 1 heterocycles. The lowest BCUT2D eigenvalue weighted by Gasteiger charge is -2.22. The van der Waals surface area contributed by atoms with Gasteiger partial charge in [-0.3, -0.25) is 4.79 Å². The highest BCUT2D eigenvalue weighted by atomic mass is 79.9. The number of carboxylic acids is 1. The number of nitrogens with zero attached hydrogens (tertiary/aromatic N) is 1. The number of benzene rings is 1. The van der Waals surface area contributed by atoms with Crippen molar-refractivity contribution in [2.75, 3.05) is 13.7 Å². The summed E-state index contributed by atoms with van der Waals surface area (Å²) in [5.74, 6) is -1.17. The number of ether oxygens (including phenoxy) is 1. The first-order valence-electron chi connectivity index (χ1n) is 6.03. The maximum atomic E-state index is 12.7. The lowest BCUT2D eigenvalue weighted by atomic mass is 10.2. The van der Waals surface area contributed by atoms with Crippen molar-refractivity contribution in [2.45, 2.75) is 23.5 Å². The largest absolute Gasteiger partial charge is 0.495 e. The first-order chi connectivity index (χ1) is 9.77. The number of rotatable bonds is 4. The Balaban J connectivity index is 2.51. The summed E-state index contributed by atoms with van der Waals surface area (Å²) in [6, 6.07) is 3.15. The van der Waals surface area contributed by atoms with E-state index < -0.39 is 28.1 Å². The number of aliphatic carboxylic acids is 1. The Labute approximate surface area is 130 Å². The molecule has 1 fully saturated rings. The average molecular weight is 380 g/mol. The third-order valence-electron chi connectivity index (χ3n) is 3.23. The number of hydrogen-bond acceptors (Lipinski definition) is 5. The number of aliphatic hydroxyl groups excluding tert-OH is 1. The molecule has 0 unspecified atom stereocenters. The minimum absolute atomic E-state index is 0.115. The number of β-amino-alcohol motifs (C(OH)–C–C–N with tert-alkyl or cyclic N) is 1.